The Bertz CT molecular complexity index is 1210. The number of carbonyl (C=O) groups excluding carboxylic acids is 3. The second kappa shape index (κ2) is 10.9. The number of alkyl halides is 3. The zero-order chi connectivity index (χ0) is 27.5. The van der Waals surface area contributed by atoms with Crippen LogP contribution in [0.1, 0.15) is 31.0 Å². The van der Waals surface area contributed by atoms with E-state index in [1.165, 1.54) is 11.1 Å². The fourth-order valence-corrected chi connectivity index (χ4v) is 5.25. The number of amides is 3. The molecule has 2 aliphatic rings. The Morgan fingerprint density at radius 2 is 1.84 bits per heavy atom. The minimum Gasteiger partial charge on any atom is -0.369 e. The molecule has 2 aromatic rings. The number of pyridine rings is 1. The van der Waals surface area contributed by atoms with Crippen molar-refractivity contribution in [1.29, 1.82) is 0 Å². The van der Waals surface area contributed by atoms with Crippen molar-refractivity contribution in [3.8, 4) is 0 Å². The van der Waals surface area contributed by atoms with E-state index in [9.17, 15) is 27.6 Å². The quantitative estimate of drug-likeness (QED) is 0.539. The van der Waals surface area contributed by atoms with Gasteiger partial charge < -0.3 is 10.6 Å². The first-order valence-electron chi connectivity index (χ1n) is 12.5. The first-order chi connectivity index (χ1) is 18.0. The standard InChI is InChI=1S/C27H30F3N5O3/c1-18(23(31)36)21(11-10-19-7-3-2-4-8-19)24(37)34-14-12-22-26(16-34,15-20-9-5-6-13-32-20)25(38)35(33-22)17-27(28,29)30/h2-9,13,18,21H,10-12,14-17H2,1H3,(H2,31,36)/t18?,21-,26-/m1/s1. The number of nitrogens with zero attached hydrogens (tertiary/aromatic N) is 4. The summed E-state index contributed by atoms with van der Waals surface area (Å²) in [4.78, 5) is 45.2. The number of benzene rings is 1. The lowest BCUT2D eigenvalue weighted by Crippen LogP contribution is -2.57. The number of aromatic nitrogens is 1. The lowest BCUT2D eigenvalue weighted by atomic mass is 9.73. The summed E-state index contributed by atoms with van der Waals surface area (Å²) in [6, 6.07) is 14.6. The van der Waals surface area contributed by atoms with Crippen LogP contribution in [0.2, 0.25) is 0 Å². The molecule has 11 heteroatoms. The highest BCUT2D eigenvalue weighted by molar-refractivity contribution is 6.13. The van der Waals surface area contributed by atoms with Gasteiger partial charge in [-0.1, -0.05) is 43.3 Å². The number of aryl methyl sites for hydroxylation is 1. The third-order valence-corrected chi connectivity index (χ3v) is 7.32. The number of halogens is 3. The van der Waals surface area contributed by atoms with Gasteiger partial charge in [0.2, 0.25) is 11.8 Å². The lowest BCUT2D eigenvalue weighted by molar-refractivity contribution is -0.164. The third kappa shape index (κ3) is 5.87. The van der Waals surface area contributed by atoms with Gasteiger partial charge in [0.15, 0.2) is 0 Å². The normalized spacial score (nSPS) is 21.1. The summed E-state index contributed by atoms with van der Waals surface area (Å²) in [6.45, 7) is 0.109. The molecule has 1 aromatic carbocycles. The number of hydrazone groups is 1. The molecule has 3 heterocycles. The van der Waals surface area contributed by atoms with E-state index < -0.39 is 41.8 Å². The van der Waals surface area contributed by atoms with E-state index in [4.69, 9.17) is 5.73 Å². The van der Waals surface area contributed by atoms with E-state index in [2.05, 4.69) is 10.1 Å². The molecule has 1 saturated heterocycles. The maximum Gasteiger partial charge on any atom is 0.408 e. The molecule has 1 unspecified atom stereocenters. The minimum absolute atomic E-state index is 0.00367. The van der Waals surface area contributed by atoms with Gasteiger partial charge in [-0.3, -0.25) is 19.4 Å². The summed E-state index contributed by atoms with van der Waals surface area (Å²) in [6.07, 6.45) is -2.07. The van der Waals surface area contributed by atoms with Crippen molar-refractivity contribution in [3.05, 3.63) is 66.0 Å². The highest BCUT2D eigenvalue weighted by atomic mass is 19.4. The summed E-state index contributed by atoms with van der Waals surface area (Å²) in [5, 5.41) is 4.53. The fourth-order valence-electron chi connectivity index (χ4n) is 5.25. The molecule has 0 saturated carbocycles. The molecule has 4 rings (SSSR count). The first-order valence-corrected chi connectivity index (χ1v) is 12.5. The fraction of sp³-hybridized carbons (Fsp3) is 0.444. The molecule has 1 fully saturated rings. The van der Waals surface area contributed by atoms with Crippen LogP contribution in [-0.4, -0.2) is 64.1 Å². The summed E-state index contributed by atoms with van der Waals surface area (Å²) < 4.78 is 39.7. The number of piperidine rings is 1. The monoisotopic (exact) mass is 529 g/mol. The molecule has 3 atom stereocenters. The number of fused-ring (bicyclic) bond motifs is 1. The average molecular weight is 530 g/mol. The van der Waals surface area contributed by atoms with Crippen molar-refractivity contribution in [2.24, 2.45) is 28.1 Å². The maximum atomic E-state index is 13.8. The summed E-state index contributed by atoms with van der Waals surface area (Å²) in [5.41, 5.74) is 5.93. The van der Waals surface area contributed by atoms with Crippen molar-refractivity contribution >= 4 is 23.4 Å². The Morgan fingerprint density at radius 3 is 2.47 bits per heavy atom. The highest BCUT2D eigenvalue weighted by Crippen LogP contribution is 2.40. The Kier molecular flexibility index (Phi) is 7.84. The number of nitrogens with two attached hydrogens (primary N) is 1. The first kappa shape index (κ1) is 27.3. The Labute approximate surface area is 218 Å². The van der Waals surface area contributed by atoms with Crippen molar-refractivity contribution < 1.29 is 27.6 Å². The molecule has 202 valence electrons. The zero-order valence-electron chi connectivity index (χ0n) is 21.0. The second-order valence-electron chi connectivity index (χ2n) is 9.94. The topological polar surface area (TPSA) is 109 Å². The Morgan fingerprint density at radius 1 is 1.13 bits per heavy atom. The van der Waals surface area contributed by atoms with E-state index >= 15 is 0 Å². The van der Waals surface area contributed by atoms with Crippen LogP contribution in [-0.2, 0) is 27.2 Å². The van der Waals surface area contributed by atoms with Crippen molar-refractivity contribution in [2.45, 2.75) is 38.8 Å². The van der Waals surface area contributed by atoms with E-state index in [0.717, 1.165) is 5.56 Å². The van der Waals surface area contributed by atoms with Gasteiger partial charge in [0.05, 0.1) is 5.71 Å². The molecule has 38 heavy (non-hydrogen) atoms. The van der Waals surface area contributed by atoms with Gasteiger partial charge in [-0.2, -0.15) is 18.3 Å². The molecule has 2 N–H and O–H groups in total. The van der Waals surface area contributed by atoms with Crippen LogP contribution in [0.4, 0.5) is 13.2 Å². The molecule has 0 spiro atoms. The molecule has 0 radical (unpaired) electrons. The van der Waals surface area contributed by atoms with Gasteiger partial charge in [-0.25, -0.2) is 5.01 Å². The molecule has 1 aromatic heterocycles. The summed E-state index contributed by atoms with van der Waals surface area (Å²) in [5.74, 6) is -3.30. The van der Waals surface area contributed by atoms with Crippen LogP contribution in [0.5, 0.6) is 0 Å². The van der Waals surface area contributed by atoms with Gasteiger partial charge in [-0.15, -0.1) is 0 Å². The third-order valence-electron chi connectivity index (χ3n) is 7.32. The predicted molar refractivity (Wildman–Crippen MR) is 133 cm³/mol. The number of rotatable bonds is 9. The largest absolute Gasteiger partial charge is 0.408 e. The summed E-state index contributed by atoms with van der Waals surface area (Å²) in [7, 11) is 0. The van der Waals surface area contributed by atoms with Crippen molar-refractivity contribution in [3.63, 3.8) is 0 Å². The van der Waals surface area contributed by atoms with Crippen LogP contribution in [0, 0.1) is 17.3 Å². The number of carbonyl (C=O) groups is 3. The van der Waals surface area contributed by atoms with Crippen molar-refractivity contribution in [1.82, 2.24) is 14.9 Å². The molecule has 3 amide bonds. The molecular weight excluding hydrogens is 499 g/mol. The van der Waals surface area contributed by atoms with E-state index in [1.807, 2.05) is 30.3 Å². The predicted octanol–water partition coefficient (Wildman–Crippen LogP) is 2.97. The Balaban J connectivity index is 1.62. The van der Waals surface area contributed by atoms with Crippen LogP contribution < -0.4 is 5.73 Å². The number of hydrogen-bond acceptors (Lipinski definition) is 5. The molecule has 0 bridgehead atoms. The zero-order valence-corrected chi connectivity index (χ0v) is 21.0. The molecule has 0 aliphatic carbocycles. The molecule has 8 nitrogen and oxygen atoms in total. The lowest BCUT2D eigenvalue weighted by Gasteiger charge is -2.41. The van der Waals surface area contributed by atoms with Crippen molar-refractivity contribution in [2.75, 3.05) is 19.6 Å². The van der Waals surface area contributed by atoms with E-state index in [0.29, 0.717) is 29.3 Å². The van der Waals surface area contributed by atoms with Gasteiger partial charge in [0.25, 0.3) is 5.91 Å². The summed E-state index contributed by atoms with van der Waals surface area (Å²) >= 11 is 0. The van der Waals surface area contributed by atoms with E-state index in [-0.39, 0.29) is 31.8 Å². The second-order valence-corrected chi connectivity index (χ2v) is 9.94. The number of likely N-dealkylation sites (tertiary alicyclic amines) is 1. The smallest absolute Gasteiger partial charge is 0.369 e. The van der Waals surface area contributed by atoms with Gasteiger partial charge in [0, 0.05) is 49.7 Å². The minimum atomic E-state index is -4.63. The molecule has 2 aliphatic heterocycles. The SMILES string of the molecule is CC(C(N)=O)[C@@H](CCc1ccccc1)C(=O)N1CCC2=NN(CC(F)(F)F)C(=O)[C@]2(Cc2ccccn2)C1. The van der Waals surface area contributed by atoms with Gasteiger partial charge in [0.1, 0.15) is 12.0 Å². The van der Waals surface area contributed by atoms with Gasteiger partial charge in [-0.05, 0) is 30.5 Å². The van der Waals surface area contributed by atoms with E-state index in [1.54, 1.807) is 25.1 Å². The van der Waals surface area contributed by atoms with Crippen LogP contribution in [0.3, 0.4) is 0 Å². The van der Waals surface area contributed by atoms with Gasteiger partial charge >= 0.3 is 6.18 Å². The molecular formula is C27H30F3N5O3. The number of primary amides is 1. The average Bonchev–Trinajstić information content (AvgIpc) is 3.14. The van der Waals surface area contributed by atoms with Crippen LogP contribution in [0.25, 0.3) is 0 Å². The number of hydrogen-bond donors (Lipinski definition) is 1. The Hall–Kier alpha value is -3.76. The van der Waals surface area contributed by atoms with Crippen LogP contribution in [0.15, 0.2) is 59.8 Å². The maximum absolute atomic E-state index is 13.8. The highest BCUT2D eigenvalue weighted by Gasteiger charge is 2.56. The van der Waals surface area contributed by atoms with Crippen LogP contribution >= 0.6 is 0 Å².